The molecule has 1 rings (SSSR count). The topological polar surface area (TPSA) is 67.2 Å². The summed E-state index contributed by atoms with van der Waals surface area (Å²) < 4.78 is 0. The summed E-state index contributed by atoms with van der Waals surface area (Å²) in [5.74, 6) is -0.0252. The molecule has 0 aliphatic carbocycles. The Labute approximate surface area is 100 Å². The van der Waals surface area contributed by atoms with E-state index in [0.717, 1.165) is 38.2 Å². The molecule has 0 radical (unpaired) electrons. The predicted octanol–water partition coefficient (Wildman–Crippen LogP) is 1.53. The summed E-state index contributed by atoms with van der Waals surface area (Å²) in [5.41, 5.74) is 6.33. The number of hydrogen-bond acceptors (Lipinski definition) is 4. The van der Waals surface area contributed by atoms with Gasteiger partial charge in [0.2, 0.25) is 5.91 Å². The number of anilines is 1. The molecule has 0 saturated heterocycles. The molecule has 0 fully saturated rings. The molecular weight excluding hydrogens is 222 g/mol. The quantitative estimate of drug-likeness (QED) is 0.634. The van der Waals surface area contributed by atoms with Gasteiger partial charge in [0.05, 0.1) is 5.69 Å². The van der Waals surface area contributed by atoms with Crippen molar-refractivity contribution in [1.82, 2.24) is 5.32 Å². The molecule has 0 aromatic carbocycles. The second-order valence-corrected chi connectivity index (χ2v) is 4.61. The first-order valence-corrected chi connectivity index (χ1v) is 6.36. The van der Waals surface area contributed by atoms with Gasteiger partial charge in [0, 0.05) is 18.3 Å². The number of unbranched alkanes of at least 4 members (excludes halogenated alkanes) is 1. The van der Waals surface area contributed by atoms with E-state index in [-0.39, 0.29) is 5.91 Å². The minimum absolute atomic E-state index is 0.0252. The van der Waals surface area contributed by atoms with Crippen molar-refractivity contribution in [2.75, 3.05) is 18.4 Å². The van der Waals surface area contributed by atoms with Crippen LogP contribution in [0.1, 0.15) is 24.6 Å². The van der Waals surface area contributed by atoms with Crippen LogP contribution in [0, 0.1) is 0 Å². The third-order valence-corrected chi connectivity index (χ3v) is 3.07. The summed E-state index contributed by atoms with van der Waals surface area (Å²) in [6, 6.07) is 1.93. The molecule has 0 bridgehead atoms. The zero-order valence-electron chi connectivity index (χ0n) is 9.58. The maximum absolute atomic E-state index is 10.9. The van der Waals surface area contributed by atoms with Gasteiger partial charge in [0.1, 0.15) is 0 Å². The van der Waals surface area contributed by atoms with E-state index < -0.39 is 0 Å². The third kappa shape index (κ3) is 4.74. The first kappa shape index (κ1) is 13.2. The van der Waals surface area contributed by atoms with Crippen LogP contribution < -0.4 is 16.4 Å². The highest BCUT2D eigenvalue weighted by Crippen LogP contribution is 2.21. The van der Waals surface area contributed by atoms with Crippen molar-refractivity contribution in [3.63, 3.8) is 0 Å². The lowest BCUT2D eigenvalue weighted by molar-refractivity contribution is -0.114. The first-order chi connectivity index (χ1) is 7.74. The van der Waals surface area contributed by atoms with Crippen molar-refractivity contribution >= 4 is 22.9 Å². The Morgan fingerprint density at radius 2 is 2.31 bits per heavy atom. The van der Waals surface area contributed by atoms with Crippen LogP contribution in [0.3, 0.4) is 0 Å². The molecule has 1 aromatic rings. The van der Waals surface area contributed by atoms with Crippen molar-refractivity contribution in [2.24, 2.45) is 5.73 Å². The average molecular weight is 241 g/mol. The number of nitrogens with one attached hydrogen (secondary N) is 2. The summed E-state index contributed by atoms with van der Waals surface area (Å²) in [4.78, 5) is 12.1. The van der Waals surface area contributed by atoms with Gasteiger partial charge in [-0.3, -0.25) is 4.79 Å². The zero-order valence-corrected chi connectivity index (χ0v) is 10.4. The van der Waals surface area contributed by atoms with Crippen LogP contribution in [0.2, 0.25) is 0 Å². The molecule has 5 heteroatoms. The van der Waals surface area contributed by atoms with Crippen LogP contribution in [0.5, 0.6) is 0 Å². The molecule has 4 nitrogen and oxygen atoms in total. The number of thiophene rings is 1. The average Bonchev–Trinajstić information content (AvgIpc) is 2.64. The minimum Gasteiger partial charge on any atom is -0.330 e. The van der Waals surface area contributed by atoms with Gasteiger partial charge < -0.3 is 16.4 Å². The van der Waals surface area contributed by atoms with Crippen LogP contribution in [-0.4, -0.2) is 19.0 Å². The summed E-state index contributed by atoms with van der Waals surface area (Å²) in [6.45, 7) is 4.04. The second-order valence-electron chi connectivity index (χ2n) is 3.61. The zero-order chi connectivity index (χ0) is 11.8. The number of carbonyl (C=O) groups is 1. The minimum atomic E-state index is -0.0252. The van der Waals surface area contributed by atoms with Crippen molar-refractivity contribution in [2.45, 2.75) is 26.3 Å². The highest BCUT2D eigenvalue weighted by Gasteiger charge is 2.04. The highest BCUT2D eigenvalue weighted by atomic mass is 32.1. The Balaban J connectivity index is 2.30. The molecule has 0 aliphatic rings. The summed E-state index contributed by atoms with van der Waals surface area (Å²) in [7, 11) is 0. The summed E-state index contributed by atoms with van der Waals surface area (Å²) >= 11 is 1.65. The van der Waals surface area contributed by atoms with Gasteiger partial charge in [-0.25, -0.2) is 0 Å². The Morgan fingerprint density at radius 1 is 1.50 bits per heavy atom. The van der Waals surface area contributed by atoms with Crippen molar-refractivity contribution in [3.8, 4) is 0 Å². The fourth-order valence-electron chi connectivity index (χ4n) is 1.37. The van der Waals surface area contributed by atoms with E-state index in [4.69, 9.17) is 5.73 Å². The fourth-order valence-corrected chi connectivity index (χ4v) is 2.17. The molecule has 0 atom stereocenters. The summed E-state index contributed by atoms with van der Waals surface area (Å²) in [6.07, 6.45) is 2.15. The van der Waals surface area contributed by atoms with Gasteiger partial charge in [-0.15, -0.1) is 11.3 Å². The van der Waals surface area contributed by atoms with Crippen LogP contribution in [0.25, 0.3) is 0 Å². The summed E-state index contributed by atoms with van der Waals surface area (Å²) in [5, 5.41) is 8.15. The molecule has 0 saturated carbocycles. The lowest BCUT2D eigenvalue weighted by Gasteiger charge is -2.06. The van der Waals surface area contributed by atoms with Crippen LogP contribution >= 0.6 is 11.3 Å². The van der Waals surface area contributed by atoms with Crippen molar-refractivity contribution in [1.29, 1.82) is 0 Å². The van der Waals surface area contributed by atoms with E-state index in [1.54, 1.807) is 11.3 Å². The number of nitrogens with two attached hydrogens (primary N) is 1. The molecule has 1 amide bonds. The Kier molecular flexibility index (Phi) is 6.07. The van der Waals surface area contributed by atoms with Crippen LogP contribution in [0.15, 0.2) is 11.4 Å². The number of hydrogen-bond donors (Lipinski definition) is 3. The molecule has 0 unspecified atom stereocenters. The van der Waals surface area contributed by atoms with Gasteiger partial charge in [0.15, 0.2) is 0 Å². The molecule has 1 heterocycles. The van der Waals surface area contributed by atoms with E-state index in [0.29, 0.717) is 0 Å². The Bertz CT molecular complexity index is 325. The standard InChI is InChI=1S/C11H19N3OS/c1-9(15)14-10-4-7-16-11(10)8-13-6-3-2-5-12/h4,7,13H,2-3,5-6,8,12H2,1H3,(H,14,15). The number of carbonyl (C=O) groups excluding carboxylic acids is 1. The normalized spacial score (nSPS) is 10.4. The molecule has 90 valence electrons. The van der Waals surface area contributed by atoms with Crippen LogP contribution in [-0.2, 0) is 11.3 Å². The lowest BCUT2D eigenvalue weighted by atomic mass is 10.3. The SMILES string of the molecule is CC(=O)Nc1ccsc1CNCCCCN. The monoisotopic (exact) mass is 241 g/mol. The van der Waals surface area contributed by atoms with Gasteiger partial charge in [-0.2, -0.15) is 0 Å². The maximum atomic E-state index is 10.9. The number of rotatable bonds is 7. The molecular formula is C11H19N3OS. The first-order valence-electron chi connectivity index (χ1n) is 5.48. The largest absolute Gasteiger partial charge is 0.330 e. The highest BCUT2D eigenvalue weighted by molar-refractivity contribution is 7.10. The molecule has 1 aromatic heterocycles. The smallest absolute Gasteiger partial charge is 0.221 e. The van der Waals surface area contributed by atoms with Gasteiger partial charge in [0.25, 0.3) is 0 Å². The Morgan fingerprint density at radius 3 is 3.00 bits per heavy atom. The molecule has 4 N–H and O–H groups in total. The second kappa shape index (κ2) is 7.38. The molecule has 0 spiro atoms. The van der Waals surface area contributed by atoms with E-state index in [1.807, 2.05) is 11.4 Å². The molecule has 0 aliphatic heterocycles. The van der Waals surface area contributed by atoms with Gasteiger partial charge >= 0.3 is 0 Å². The van der Waals surface area contributed by atoms with Gasteiger partial charge in [-0.1, -0.05) is 0 Å². The van der Waals surface area contributed by atoms with E-state index in [2.05, 4.69) is 10.6 Å². The van der Waals surface area contributed by atoms with Crippen LogP contribution in [0.4, 0.5) is 5.69 Å². The Hall–Kier alpha value is -0.910. The fraction of sp³-hybridized carbons (Fsp3) is 0.545. The lowest BCUT2D eigenvalue weighted by Crippen LogP contribution is -2.16. The van der Waals surface area contributed by atoms with Crippen molar-refractivity contribution < 1.29 is 4.79 Å². The van der Waals surface area contributed by atoms with Crippen molar-refractivity contribution in [3.05, 3.63) is 16.3 Å². The van der Waals surface area contributed by atoms with E-state index in [9.17, 15) is 4.79 Å². The van der Waals surface area contributed by atoms with Gasteiger partial charge in [-0.05, 0) is 37.4 Å². The number of amides is 1. The van der Waals surface area contributed by atoms with E-state index in [1.165, 1.54) is 11.8 Å². The molecule has 16 heavy (non-hydrogen) atoms. The third-order valence-electron chi connectivity index (χ3n) is 2.15. The van der Waals surface area contributed by atoms with E-state index >= 15 is 0 Å². The maximum Gasteiger partial charge on any atom is 0.221 e. The predicted molar refractivity (Wildman–Crippen MR) is 68.6 cm³/mol.